The number of rotatable bonds is 2. The fraction of sp³-hybridized carbons (Fsp3) is 0.111. The number of hydrogen-bond acceptors (Lipinski definition) is 5. The Kier molecular flexibility index (Phi) is 2.32. The van der Waals surface area contributed by atoms with Crippen LogP contribution in [0.3, 0.4) is 0 Å². The molecule has 14 heavy (non-hydrogen) atoms. The number of anilines is 3. The number of aryl methyl sites for hydroxylation is 1. The molecule has 0 saturated heterocycles. The topological polar surface area (TPSA) is 63.8 Å². The van der Waals surface area contributed by atoms with Crippen molar-refractivity contribution in [2.45, 2.75) is 6.92 Å². The Morgan fingerprint density at radius 2 is 2.29 bits per heavy atom. The summed E-state index contributed by atoms with van der Waals surface area (Å²) in [6.07, 6.45) is 1.63. The summed E-state index contributed by atoms with van der Waals surface area (Å²) in [5.74, 6) is 1.00. The average molecular weight is 206 g/mol. The molecule has 2 heterocycles. The Balaban J connectivity index is 2.23. The standard InChI is InChI=1S/C9H10N4S/c1-6-4-14-5-7(6)12-8-2-3-11-9(10)13-8/h2-5H,1H3,(H3,10,11,12,13). The third-order valence-corrected chi connectivity index (χ3v) is 2.65. The van der Waals surface area contributed by atoms with Crippen LogP contribution >= 0.6 is 11.3 Å². The molecule has 4 nitrogen and oxygen atoms in total. The van der Waals surface area contributed by atoms with Crippen molar-refractivity contribution in [1.82, 2.24) is 9.97 Å². The summed E-state index contributed by atoms with van der Waals surface area (Å²) in [6, 6.07) is 1.79. The fourth-order valence-electron chi connectivity index (χ4n) is 1.07. The van der Waals surface area contributed by atoms with E-state index < -0.39 is 0 Å². The summed E-state index contributed by atoms with van der Waals surface area (Å²) in [5, 5.41) is 7.28. The van der Waals surface area contributed by atoms with E-state index in [1.807, 2.05) is 12.3 Å². The highest BCUT2D eigenvalue weighted by molar-refractivity contribution is 7.08. The van der Waals surface area contributed by atoms with Crippen LogP contribution in [0.2, 0.25) is 0 Å². The Morgan fingerprint density at radius 3 is 2.93 bits per heavy atom. The van der Waals surface area contributed by atoms with E-state index in [0.717, 1.165) is 11.5 Å². The van der Waals surface area contributed by atoms with Crippen molar-refractivity contribution in [2.75, 3.05) is 11.1 Å². The predicted octanol–water partition coefficient (Wildman–Crippen LogP) is 2.17. The largest absolute Gasteiger partial charge is 0.368 e. The van der Waals surface area contributed by atoms with E-state index in [1.54, 1.807) is 23.6 Å². The molecule has 0 aromatic carbocycles. The summed E-state index contributed by atoms with van der Waals surface area (Å²) in [7, 11) is 0. The van der Waals surface area contributed by atoms with E-state index in [0.29, 0.717) is 0 Å². The molecule has 72 valence electrons. The minimum atomic E-state index is 0.280. The summed E-state index contributed by atoms with van der Waals surface area (Å²) in [5.41, 5.74) is 7.73. The predicted molar refractivity (Wildman–Crippen MR) is 58.8 cm³/mol. The van der Waals surface area contributed by atoms with Gasteiger partial charge in [-0.3, -0.25) is 0 Å². The minimum Gasteiger partial charge on any atom is -0.368 e. The van der Waals surface area contributed by atoms with Gasteiger partial charge in [0.2, 0.25) is 5.95 Å². The molecule has 0 bridgehead atoms. The fourth-order valence-corrected chi connectivity index (χ4v) is 1.85. The zero-order chi connectivity index (χ0) is 9.97. The minimum absolute atomic E-state index is 0.280. The van der Waals surface area contributed by atoms with Gasteiger partial charge in [0, 0.05) is 11.6 Å². The van der Waals surface area contributed by atoms with Crippen molar-refractivity contribution < 1.29 is 0 Å². The average Bonchev–Trinajstić information content (AvgIpc) is 2.52. The number of nitrogens with two attached hydrogens (primary N) is 1. The highest BCUT2D eigenvalue weighted by Crippen LogP contribution is 2.22. The molecule has 0 aliphatic carbocycles. The molecule has 0 amide bonds. The summed E-state index contributed by atoms with van der Waals surface area (Å²) in [6.45, 7) is 2.05. The van der Waals surface area contributed by atoms with Gasteiger partial charge in [-0.05, 0) is 23.9 Å². The van der Waals surface area contributed by atoms with E-state index >= 15 is 0 Å². The van der Waals surface area contributed by atoms with Gasteiger partial charge in [-0.15, -0.1) is 11.3 Å². The molecule has 0 spiro atoms. The van der Waals surface area contributed by atoms with Gasteiger partial charge in [-0.2, -0.15) is 4.98 Å². The Hall–Kier alpha value is -1.62. The zero-order valence-corrected chi connectivity index (χ0v) is 8.51. The molecule has 0 unspecified atom stereocenters. The van der Waals surface area contributed by atoms with E-state index in [9.17, 15) is 0 Å². The van der Waals surface area contributed by atoms with Gasteiger partial charge in [0.25, 0.3) is 0 Å². The molecule has 0 fully saturated rings. The number of nitrogens with zero attached hydrogens (tertiary/aromatic N) is 2. The SMILES string of the molecule is Cc1cscc1Nc1ccnc(N)n1. The second kappa shape index (κ2) is 3.63. The normalized spacial score (nSPS) is 10.1. The number of aromatic nitrogens is 2. The van der Waals surface area contributed by atoms with Crippen molar-refractivity contribution in [1.29, 1.82) is 0 Å². The quantitative estimate of drug-likeness (QED) is 0.790. The Morgan fingerprint density at radius 1 is 1.43 bits per heavy atom. The van der Waals surface area contributed by atoms with Crippen LogP contribution in [0.15, 0.2) is 23.0 Å². The van der Waals surface area contributed by atoms with Crippen LogP contribution in [0.5, 0.6) is 0 Å². The molecule has 0 atom stereocenters. The lowest BCUT2D eigenvalue weighted by molar-refractivity contribution is 1.18. The monoisotopic (exact) mass is 206 g/mol. The lowest BCUT2D eigenvalue weighted by Crippen LogP contribution is -1.98. The molecule has 2 aromatic heterocycles. The summed E-state index contributed by atoms with van der Waals surface area (Å²) >= 11 is 1.65. The number of thiophene rings is 1. The highest BCUT2D eigenvalue weighted by Gasteiger charge is 2.00. The smallest absolute Gasteiger partial charge is 0.221 e. The van der Waals surface area contributed by atoms with Gasteiger partial charge in [-0.1, -0.05) is 0 Å². The number of nitrogens with one attached hydrogen (secondary N) is 1. The van der Waals surface area contributed by atoms with Gasteiger partial charge in [-0.25, -0.2) is 4.98 Å². The molecule has 0 aliphatic heterocycles. The van der Waals surface area contributed by atoms with E-state index in [1.165, 1.54) is 5.56 Å². The molecule has 0 saturated carbocycles. The second-order valence-corrected chi connectivity index (χ2v) is 3.64. The lowest BCUT2D eigenvalue weighted by Gasteiger charge is -2.04. The first-order valence-corrected chi connectivity index (χ1v) is 5.08. The van der Waals surface area contributed by atoms with Gasteiger partial charge >= 0.3 is 0 Å². The van der Waals surface area contributed by atoms with Crippen LogP contribution in [-0.2, 0) is 0 Å². The Labute approximate surface area is 85.8 Å². The van der Waals surface area contributed by atoms with Crippen molar-refractivity contribution in [3.8, 4) is 0 Å². The third kappa shape index (κ3) is 1.82. The molecule has 2 rings (SSSR count). The number of nitrogen functional groups attached to an aromatic ring is 1. The van der Waals surface area contributed by atoms with E-state index in [2.05, 4.69) is 20.7 Å². The van der Waals surface area contributed by atoms with Gasteiger partial charge in [0.05, 0.1) is 5.69 Å². The molecule has 0 aliphatic rings. The highest BCUT2D eigenvalue weighted by atomic mass is 32.1. The second-order valence-electron chi connectivity index (χ2n) is 2.89. The van der Waals surface area contributed by atoms with Crippen LogP contribution in [-0.4, -0.2) is 9.97 Å². The van der Waals surface area contributed by atoms with Crippen LogP contribution in [0.4, 0.5) is 17.5 Å². The van der Waals surface area contributed by atoms with Gasteiger partial charge in [0.15, 0.2) is 0 Å². The molecule has 5 heteroatoms. The van der Waals surface area contributed by atoms with Crippen LogP contribution < -0.4 is 11.1 Å². The van der Waals surface area contributed by atoms with Crippen molar-refractivity contribution in [2.24, 2.45) is 0 Å². The maximum absolute atomic E-state index is 5.47. The first kappa shape index (κ1) is 8.96. The molecular weight excluding hydrogens is 196 g/mol. The summed E-state index contributed by atoms with van der Waals surface area (Å²) < 4.78 is 0. The van der Waals surface area contributed by atoms with Crippen LogP contribution in [0, 0.1) is 6.92 Å². The third-order valence-electron chi connectivity index (χ3n) is 1.79. The maximum Gasteiger partial charge on any atom is 0.221 e. The van der Waals surface area contributed by atoms with E-state index in [4.69, 9.17) is 5.73 Å². The molecule has 2 aromatic rings. The molecule has 0 radical (unpaired) electrons. The van der Waals surface area contributed by atoms with Gasteiger partial charge < -0.3 is 11.1 Å². The first-order valence-electron chi connectivity index (χ1n) is 4.14. The summed E-state index contributed by atoms with van der Waals surface area (Å²) in [4.78, 5) is 7.87. The Bertz CT molecular complexity index is 438. The van der Waals surface area contributed by atoms with Gasteiger partial charge in [0.1, 0.15) is 5.82 Å². The first-order chi connectivity index (χ1) is 6.75. The zero-order valence-electron chi connectivity index (χ0n) is 7.69. The van der Waals surface area contributed by atoms with Crippen molar-refractivity contribution in [3.05, 3.63) is 28.6 Å². The van der Waals surface area contributed by atoms with Crippen molar-refractivity contribution in [3.63, 3.8) is 0 Å². The molecular formula is C9H10N4S. The van der Waals surface area contributed by atoms with Crippen LogP contribution in [0.25, 0.3) is 0 Å². The molecule has 3 N–H and O–H groups in total. The van der Waals surface area contributed by atoms with Crippen LogP contribution in [0.1, 0.15) is 5.56 Å². The maximum atomic E-state index is 5.47. The van der Waals surface area contributed by atoms with E-state index in [-0.39, 0.29) is 5.95 Å². The number of hydrogen-bond donors (Lipinski definition) is 2. The van der Waals surface area contributed by atoms with Crippen molar-refractivity contribution >= 4 is 28.8 Å². The lowest BCUT2D eigenvalue weighted by atomic mass is 10.3.